The van der Waals surface area contributed by atoms with Crippen molar-refractivity contribution in [2.45, 2.75) is 32.2 Å². The average Bonchev–Trinajstić information content (AvgIpc) is 3.16. The van der Waals surface area contributed by atoms with Crippen LogP contribution >= 0.6 is 0 Å². The van der Waals surface area contributed by atoms with Crippen LogP contribution < -0.4 is 4.90 Å². The van der Waals surface area contributed by atoms with Crippen molar-refractivity contribution in [1.82, 2.24) is 25.3 Å². The number of carbonyl (C=O) groups excluding carboxylic acids is 1. The van der Waals surface area contributed by atoms with Gasteiger partial charge in [0.15, 0.2) is 11.5 Å². The molecule has 7 nitrogen and oxygen atoms in total. The molecule has 4 rings (SSSR count). The predicted octanol–water partition coefficient (Wildman–Crippen LogP) is 0.953. The molecule has 2 aliphatic rings. The van der Waals surface area contributed by atoms with Crippen LogP contribution in [0.3, 0.4) is 0 Å². The Kier molecular flexibility index (Phi) is 3.28. The van der Waals surface area contributed by atoms with E-state index >= 15 is 0 Å². The van der Waals surface area contributed by atoms with Gasteiger partial charge in [0, 0.05) is 44.9 Å². The Morgan fingerprint density at radius 3 is 2.96 bits per heavy atom. The van der Waals surface area contributed by atoms with E-state index in [1.165, 1.54) is 0 Å². The maximum Gasteiger partial charge on any atom is 0.274 e. The second kappa shape index (κ2) is 5.33. The first-order chi connectivity index (χ1) is 11.1. The molecule has 1 amide bonds. The molecule has 0 spiro atoms. The lowest BCUT2D eigenvalue weighted by atomic mass is 10.1. The molecule has 1 N–H and O–H groups in total. The normalized spacial score (nSPS) is 16.2. The van der Waals surface area contributed by atoms with Crippen molar-refractivity contribution in [2.75, 3.05) is 25.5 Å². The van der Waals surface area contributed by atoms with Crippen LogP contribution in [0.15, 0.2) is 6.07 Å². The summed E-state index contributed by atoms with van der Waals surface area (Å²) < 4.78 is 0. The van der Waals surface area contributed by atoms with Crippen molar-refractivity contribution in [3.63, 3.8) is 0 Å². The first kappa shape index (κ1) is 14.2. The summed E-state index contributed by atoms with van der Waals surface area (Å²) in [5.74, 6) is 0.844. The number of anilines is 1. The molecule has 0 aromatic carbocycles. The first-order valence-electron chi connectivity index (χ1n) is 8.01. The Hall–Kier alpha value is -2.44. The number of nitrogens with zero attached hydrogens (tertiary/aromatic N) is 5. The number of fused-ring (bicyclic) bond motifs is 2. The van der Waals surface area contributed by atoms with E-state index < -0.39 is 0 Å². The molecule has 1 aliphatic carbocycles. The summed E-state index contributed by atoms with van der Waals surface area (Å²) in [7, 11) is 3.88. The molecule has 2 aromatic rings. The fourth-order valence-electron chi connectivity index (χ4n) is 3.35. The van der Waals surface area contributed by atoms with Gasteiger partial charge in [0.1, 0.15) is 0 Å². The van der Waals surface area contributed by atoms with Crippen molar-refractivity contribution in [2.24, 2.45) is 0 Å². The Morgan fingerprint density at radius 1 is 1.26 bits per heavy atom. The number of nitrogens with one attached hydrogen (secondary N) is 1. The topological polar surface area (TPSA) is 78.0 Å². The second-order valence-electron chi connectivity index (χ2n) is 6.43. The van der Waals surface area contributed by atoms with Crippen molar-refractivity contribution in [3.8, 4) is 0 Å². The van der Waals surface area contributed by atoms with Crippen molar-refractivity contribution < 1.29 is 4.79 Å². The standard InChI is InChI=1S/C16H20N6O/c1-21(2)14-8-10-9-22(7-6-12(10)17-19-14)16(23)15-11-4-3-5-13(11)18-20-15/h8H,3-7,9H2,1-2H3,(H,18,20). The lowest BCUT2D eigenvalue weighted by Crippen LogP contribution is -2.37. The number of hydrogen-bond acceptors (Lipinski definition) is 5. The zero-order valence-electron chi connectivity index (χ0n) is 13.5. The SMILES string of the molecule is CN(C)c1cc2c(nn1)CCN(C(=O)c1n[nH]c3c1CCC3)C2. The molecule has 0 radical (unpaired) electrons. The van der Waals surface area contributed by atoms with Crippen LogP contribution in [0, 0.1) is 0 Å². The molecule has 0 saturated heterocycles. The second-order valence-corrected chi connectivity index (χ2v) is 6.43. The highest BCUT2D eigenvalue weighted by molar-refractivity contribution is 5.94. The van der Waals surface area contributed by atoms with Crippen LogP contribution in [-0.2, 0) is 25.8 Å². The maximum absolute atomic E-state index is 12.8. The summed E-state index contributed by atoms with van der Waals surface area (Å²) in [5.41, 5.74) is 4.92. The molecular formula is C16H20N6O. The molecule has 23 heavy (non-hydrogen) atoms. The molecule has 0 unspecified atom stereocenters. The molecule has 7 heteroatoms. The number of aryl methyl sites for hydroxylation is 1. The quantitative estimate of drug-likeness (QED) is 0.893. The van der Waals surface area contributed by atoms with Gasteiger partial charge < -0.3 is 9.80 Å². The zero-order chi connectivity index (χ0) is 16.0. The first-order valence-corrected chi connectivity index (χ1v) is 8.01. The van der Waals surface area contributed by atoms with Crippen LogP contribution in [0.25, 0.3) is 0 Å². The van der Waals surface area contributed by atoms with Gasteiger partial charge in [-0.1, -0.05) is 0 Å². The number of amides is 1. The number of rotatable bonds is 2. The van der Waals surface area contributed by atoms with Crippen LogP contribution in [-0.4, -0.2) is 51.8 Å². The molecule has 0 fully saturated rings. The summed E-state index contributed by atoms with van der Waals surface area (Å²) in [5, 5.41) is 15.8. The van der Waals surface area contributed by atoms with E-state index in [0.717, 1.165) is 54.0 Å². The van der Waals surface area contributed by atoms with Gasteiger partial charge in [-0.05, 0) is 30.9 Å². The number of H-pyrrole nitrogens is 1. The molecule has 1 aliphatic heterocycles. The zero-order valence-corrected chi connectivity index (χ0v) is 13.5. The summed E-state index contributed by atoms with van der Waals surface area (Å²) >= 11 is 0. The molecule has 120 valence electrons. The fraction of sp³-hybridized carbons (Fsp3) is 0.500. The third kappa shape index (κ3) is 2.36. The molecule has 0 saturated carbocycles. The van der Waals surface area contributed by atoms with E-state index in [0.29, 0.717) is 18.8 Å². The van der Waals surface area contributed by atoms with Crippen LogP contribution in [0.1, 0.15) is 39.4 Å². The molecule has 0 atom stereocenters. The number of carbonyl (C=O) groups is 1. The van der Waals surface area contributed by atoms with Crippen LogP contribution in [0.2, 0.25) is 0 Å². The lowest BCUT2D eigenvalue weighted by molar-refractivity contribution is 0.0726. The summed E-state index contributed by atoms with van der Waals surface area (Å²) in [6.45, 7) is 1.25. The van der Waals surface area contributed by atoms with Crippen molar-refractivity contribution in [1.29, 1.82) is 0 Å². The largest absolute Gasteiger partial charge is 0.361 e. The fourth-order valence-corrected chi connectivity index (χ4v) is 3.35. The lowest BCUT2D eigenvalue weighted by Gasteiger charge is -2.28. The summed E-state index contributed by atoms with van der Waals surface area (Å²) in [6.07, 6.45) is 3.80. The summed E-state index contributed by atoms with van der Waals surface area (Å²) in [6, 6.07) is 2.02. The Balaban J connectivity index is 1.59. The van der Waals surface area contributed by atoms with E-state index in [9.17, 15) is 4.79 Å². The molecular weight excluding hydrogens is 292 g/mol. The van der Waals surface area contributed by atoms with Gasteiger partial charge in [0.25, 0.3) is 5.91 Å². The highest BCUT2D eigenvalue weighted by Gasteiger charge is 2.29. The highest BCUT2D eigenvalue weighted by atomic mass is 16.2. The minimum absolute atomic E-state index is 0.0262. The molecule has 0 bridgehead atoms. The third-order valence-electron chi connectivity index (χ3n) is 4.68. The van der Waals surface area contributed by atoms with E-state index in [1.54, 1.807) is 0 Å². The number of aromatic amines is 1. The maximum atomic E-state index is 12.8. The molecule has 2 aromatic heterocycles. The monoisotopic (exact) mass is 312 g/mol. The minimum Gasteiger partial charge on any atom is -0.361 e. The van der Waals surface area contributed by atoms with E-state index in [-0.39, 0.29) is 5.91 Å². The van der Waals surface area contributed by atoms with E-state index in [4.69, 9.17) is 0 Å². The Morgan fingerprint density at radius 2 is 2.13 bits per heavy atom. The third-order valence-corrected chi connectivity index (χ3v) is 4.68. The van der Waals surface area contributed by atoms with Gasteiger partial charge in [-0.3, -0.25) is 9.89 Å². The van der Waals surface area contributed by atoms with E-state index in [2.05, 4.69) is 20.4 Å². The predicted molar refractivity (Wildman–Crippen MR) is 85.4 cm³/mol. The summed E-state index contributed by atoms with van der Waals surface area (Å²) in [4.78, 5) is 16.6. The highest BCUT2D eigenvalue weighted by Crippen LogP contribution is 2.26. The van der Waals surface area contributed by atoms with Gasteiger partial charge >= 0.3 is 0 Å². The smallest absolute Gasteiger partial charge is 0.274 e. The average molecular weight is 312 g/mol. The van der Waals surface area contributed by atoms with Crippen LogP contribution in [0.5, 0.6) is 0 Å². The van der Waals surface area contributed by atoms with Gasteiger partial charge in [0.05, 0.1) is 5.69 Å². The Bertz CT molecular complexity index is 766. The van der Waals surface area contributed by atoms with Gasteiger partial charge in [-0.2, -0.15) is 10.2 Å². The van der Waals surface area contributed by atoms with Gasteiger partial charge in [0.2, 0.25) is 0 Å². The Labute approximate surface area is 134 Å². The van der Waals surface area contributed by atoms with Crippen molar-refractivity contribution in [3.05, 3.63) is 34.3 Å². The number of hydrogen-bond donors (Lipinski definition) is 1. The van der Waals surface area contributed by atoms with Crippen LogP contribution in [0.4, 0.5) is 5.82 Å². The van der Waals surface area contributed by atoms with Gasteiger partial charge in [-0.15, -0.1) is 5.10 Å². The minimum atomic E-state index is 0.0262. The number of aromatic nitrogens is 4. The van der Waals surface area contributed by atoms with Crippen molar-refractivity contribution >= 4 is 11.7 Å². The molecule has 3 heterocycles. The van der Waals surface area contributed by atoms with Gasteiger partial charge in [-0.25, -0.2) is 0 Å². The van der Waals surface area contributed by atoms with E-state index in [1.807, 2.05) is 30.0 Å².